The average Bonchev–Trinajstić information content (AvgIpc) is 2.44. The zero-order chi connectivity index (χ0) is 14.5. The second-order valence-electron chi connectivity index (χ2n) is 5.19. The van der Waals surface area contributed by atoms with Gasteiger partial charge in [-0.3, -0.25) is 4.79 Å². The Hall–Kier alpha value is -1.39. The van der Waals surface area contributed by atoms with Crippen LogP contribution in [0.1, 0.15) is 32.3 Å². The Kier molecular flexibility index (Phi) is 5.51. The maximum atomic E-state index is 11.8. The van der Waals surface area contributed by atoms with E-state index < -0.39 is 11.4 Å². The van der Waals surface area contributed by atoms with Crippen LogP contribution in [0.25, 0.3) is 0 Å². The summed E-state index contributed by atoms with van der Waals surface area (Å²) in [7, 11) is 2.04. The van der Waals surface area contributed by atoms with Crippen LogP contribution in [-0.2, 0) is 10.3 Å². The lowest BCUT2D eigenvalue weighted by Crippen LogP contribution is -2.51. The van der Waals surface area contributed by atoms with Crippen molar-refractivity contribution < 1.29 is 4.79 Å². The minimum atomic E-state index is -1.09. The van der Waals surface area contributed by atoms with Gasteiger partial charge in [0.15, 0.2) is 0 Å². The second kappa shape index (κ2) is 6.68. The quantitative estimate of drug-likeness (QED) is 0.782. The highest BCUT2D eigenvalue weighted by Crippen LogP contribution is 2.22. The van der Waals surface area contributed by atoms with Crippen LogP contribution in [0.3, 0.4) is 0 Å². The van der Waals surface area contributed by atoms with Crippen molar-refractivity contribution in [3.8, 4) is 0 Å². The van der Waals surface area contributed by atoms with Gasteiger partial charge in [-0.1, -0.05) is 37.3 Å². The summed E-state index contributed by atoms with van der Waals surface area (Å²) >= 11 is 0. The molecule has 0 saturated carbocycles. The fraction of sp³-hybridized carbons (Fsp3) is 0.533. The van der Waals surface area contributed by atoms with Crippen LogP contribution in [0.2, 0.25) is 0 Å². The van der Waals surface area contributed by atoms with Gasteiger partial charge in [-0.2, -0.15) is 0 Å². The minimum Gasteiger partial charge on any atom is -0.368 e. The molecule has 1 aromatic carbocycles. The largest absolute Gasteiger partial charge is 0.368 e. The predicted octanol–water partition coefficient (Wildman–Crippen LogP) is 1.45. The molecule has 0 saturated heterocycles. The molecule has 4 nitrogen and oxygen atoms in total. The van der Waals surface area contributed by atoms with Gasteiger partial charge in [-0.15, -0.1) is 0 Å². The number of primary amides is 1. The fourth-order valence-electron chi connectivity index (χ4n) is 2.03. The van der Waals surface area contributed by atoms with E-state index in [0.717, 1.165) is 18.5 Å². The normalized spacial score (nSPS) is 16.1. The summed E-state index contributed by atoms with van der Waals surface area (Å²) in [6, 6.07) is 9.82. The number of carbonyl (C=O) groups excluding carboxylic acids is 1. The summed E-state index contributed by atoms with van der Waals surface area (Å²) < 4.78 is 0. The van der Waals surface area contributed by atoms with Crippen LogP contribution in [0, 0.1) is 0 Å². The average molecular weight is 263 g/mol. The molecular weight excluding hydrogens is 238 g/mol. The van der Waals surface area contributed by atoms with Gasteiger partial charge in [0, 0.05) is 12.6 Å². The number of rotatable bonds is 7. The van der Waals surface area contributed by atoms with Crippen molar-refractivity contribution in [2.45, 2.75) is 38.3 Å². The molecule has 2 atom stereocenters. The van der Waals surface area contributed by atoms with Crippen molar-refractivity contribution in [3.63, 3.8) is 0 Å². The van der Waals surface area contributed by atoms with E-state index >= 15 is 0 Å². The Bertz CT molecular complexity index is 407. The van der Waals surface area contributed by atoms with Crippen LogP contribution in [-0.4, -0.2) is 30.4 Å². The Morgan fingerprint density at radius 1 is 1.37 bits per heavy atom. The van der Waals surface area contributed by atoms with Crippen LogP contribution >= 0.6 is 0 Å². The van der Waals surface area contributed by atoms with Gasteiger partial charge in [-0.25, -0.2) is 0 Å². The highest BCUT2D eigenvalue weighted by molar-refractivity contribution is 5.85. The lowest BCUT2D eigenvalue weighted by molar-refractivity contribution is -0.123. The van der Waals surface area contributed by atoms with Crippen LogP contribution in [0.15, 0.2) is 30.3 Å². The molecule has 4 heteroatoms. The number of hydrogen-bond donors (Lipinski definition) is 2. The van der Waals surface area contributed by atoms with Crippen molar-refractivity contribution in [1.29, 1.82) is 0 Å². The molecule has 106 valence electrons. The zero-order valence-corrected chi connectivity index (χ0v) is 12.1. The van der Waals surface area contributed by atoms with Crippen molar-refractivity contribution in [2.24, 2.45) is 11.5 Å². The summed E-state index contributed by atoms with van der Waals surface area (Å²) in [5.41, 5.74) is 11.4. The van der Waals surface area contributed by atoms with Gasteiger partial charge >= 0.3 is 0 Å². The number of benzene rings is 1. The van der Waals surface area contributed by atoms with Crippen molar-refractivity contribution in [2.75, 3.05) is 13.6 Å². The van der Waals surface area contributed by atoms with Crippen molar-refractivity contribution >= 4 is 5.91 Å². The lowest BCUT2D eigenvalue weighted by atomic mass is 9.86. The van der Waals surface area contributed by atoms with Crippen molar-refractivity contribution in [3.05, 3.63) is 35.9 Å². The molecule has 0 aromatic heterocycles. The Balaban J connectivity index is 2.82. The molecule has 0 bridgehead atoms. The third-order valence-electron chi connectivity index (χ3n) is 3.93. The first kappa shape index (κ1) is 15.7. The Morgan fingerprint density at radius 2 is 1.95 bits per heavy atom. The first-order valence-electron chi connectivity index (χ1n) is 6.76. The highest BCUT2D eigenvalue weighted by Gasteiger charge is 2.34. The van der Waals surface area contributed by atoms with Crippen LogP contribution in [0.4, 0.5) is 0 Å². The number of nitrogens with zero attached hydrogens (tertiary/aromatic N) is 1. The summed E-state index contributed by atoms with van der Waals surface area (Å²) in [6.45, 7) is 5.04. The van der Waals surface area contributed by atoms with E-state index in [9.17, 15) is 4.79 Å². The monoisotopic (exact) mass is 263 g/mol. The van der Waals surface area contributed by atoms with E-state index in [2.05, 4.69) is 18.7 Å². The number of amides is 1. The maximum Gasteiger partial charge on any atom is 0.242 e. The smallest absolute Gasteiger partial charge is 0.242 e. The third kappa shape index (κ3) is 3.78. The van der Waals surface area contributed by atoms with Crippen LogP contribution in [0.5, 0.6) is 0 Å². The first-order chi connectivity index (χ1) is 8.91. The van der Waals surface area contributed by atoms with Crippen molar-refractivity contribution in [1.82, 2.24) is 4.90 Å². The highest BCUT2D eigenvalue weighted by atomic mass is 16.1. The fourth-order valence-corrected chi connectivity index (χ4v) is 2.03. The van der Waals surface area contributed by atoms with E-state index in [1.54, 1.807) is 0 Å². The van der Waals surface area contributed by atoms with Gasteiger partial charge in [0.2, 0.25) is 5.91 Å². The molecule has 1 rings (SSSR count). The molecule has 0 heterocycles. The SMILES string of the molecule is CCC(C)N(C)CCC(N)(C(N)=O)c1ccccc1. The Labute approximate surface area is 115 Å². The molecule has 19 heavy (non-hydrogen) atoms. The third-order valence-corrected chi connectivity index (χ3v) is 3.93. The molecule has 0 aliphatic heterocycles. The summed E-state index contributed by atoms with van der Waals surface area (Å²) in [5.74, 6) is -0.476. The topological polar surface area (TPSA) is 72.3 Å². The molecule has 4 N–H and O–H groups in total. The summed E-state index contributed by atoms with van der Waals surface area (Å²) in [6.07, 6.45) is 1.59. The Morgan fingerprint density at radius 3 is 2.42 bits per heavy atom. The van der Waals surface area contributed by atoms with E-state index in [0.29, 0.717) is 12.5 Å². The van der Waals surface area contributed by atoms with E-state index in [1.807, 2.05) is 37.4 Å². The number of hydrogen-bond acceptors (Lipinski definition) is 3. The zero-order valence-electron chi connectivity index (χ0n) is 12.1. The van der Waals surface area contributed by atoms with Gasteiger partial charge in [-0.05, 0) is 32.4 Å². The van der Waals surface area contributed by atoms with Gasteiger partial charge in [0.1, 0.15) is 5.54 Å². The van der Waals surface area contributed by atoms with E-state index in [1.165, 1.54) is 0 Å². The molecule has 1 amide bonds. The molecule has 0 aliphatic carbocycles. The first-order valence-corrected chi connectivity index (χ1v) is 6.76. The second-order valence-corrected chi connectivity index (χ2v) is 5.19. The standard InChI is InChI=1S/C15H25N3O/c1-4-12(2)18(3)11-10-15(17,14(16)19)13-8-6-5-7-9-13/h5-9,12H,4,10-11,17H2,1-3H3,(H2,16,19). The summed E-state index contributed by atoms with van der Waals surface area (Å²) in [5, 5.41) is 0. The molecule has 1 aromatic rings. The molecule has 0 spiro atoms. The minimum absolute atomic E-state index is 0.466. The molecule has 2 unspecified atom stereocenters. The molecule has 0 fully saturated rings. The number of carbonyl (C=O) groups is 1. The molecule has 0 radical (unpaired) electrons. The van der Waals surface area contributed by atoms with E-state index in [4.69, 9.17) is 11.5 Å². The van der Waals surface area contributed by atoms with Gasteiger partial charge < -0.3 is 16.4 Å². The summed E-state index contributed by atoms with van der Waals surface area (Å²) in [4.78, 5) is 14.0. The lowest BCUT2D eigenvalue weighted by Gasteiger charge is -2.31. The maximum absolute atomic E-state index is 11.8. The number of nitrogens with two attached hydrogens (primary N) is 2. The van der Waals surface area contributed by atoms with Crippen LogP contribution < -0.4 is 11.5 Å². The van der Waals surface area contributed by atoms with Gasteiger partial charge in [0.05, 0.1) is 0 Å². The molecule has 0 aliphatic rings. The molecular formula is C15H25N3O. The van der Waals surface area contributed by atoms with E-state index in [-0.39, 0.29) is 0 Å². The predicted molar refractivity (Wildman–Crippen MR) is 78.5 cm³/mol. The van der Waals surface area contributed by atoms with Gasteiger partial charge in [0.25, 0.3) is 0 Å².